The molecule has 72 heavy (non-hydrogen) atoms. The maximum absolute atomic E-state index is 13.8. The molecule has 0 aliphatic carbocycles. The highest BCUT2D eigenvalue weighted by atomic mass is 19.4. The summed E-state index contributed by atoms with van der Waals surface area (Å²) in [5.74, 6) is -0.167. The molecule has 4 amide bonds. The van der Waals surface area contributed by atoms with E-state index in [0.717, 1.165) is 82.9 Å². The third kappa shape index (κ3) is 10.0. The number of benzene rings is 3. The number of hydrogen-bond donors (Lipinski definition) is 5. The van der Waals surface area contributed by atoms with Crippen LogP contribution in [0.4, 0.5) is 34.1 Å². The van der Waals surface area contributed by atoms with Crippen LogP contribution >= 0.6 is 0 Å². The van der Waals surface area contributed by atoms with E-state index in [2.05, 4.69) is 66.3 Å². The molecule has 380 valence electrons. The molecular formula is C53H61F3N10O6. The van der Waals surface area contributed by atoms with Crippen molar-refractivity contribution in [2.45, 2.75) is 115 Å². The Hall–Kier alpha value is -7.15. The first-order valence-electron chi connectivity index (χ1n) is 24.7. The Kier molecular flexibility index (Phi) is 14.2. The number of nitrogens with zero attached hydrogens (tertiary/aromatic N) is 6. The lowest BCUT2D eigenvalue weighted by molar-refractivity contribution is -0.141. The second-order valence-corrected chi connectivity index (χ2v) is 19.8. The number of amides is 4. The molecule has 0 radical (unpaired) electrons. The maximum Gasteiger partial charge on any atom is 0.433 e. The van der Waals surface area contributed by atoms with Crippen molar-refractivity contribution in [1.29, 1.82) is 0 Å². The first-order chi connectivity index (χ1) is 34.5. The third-order valence-corrected chi connectivity index (χ3v) is 14.6. The fourth-order valence-electron chi connectivity index (χ4n) is 11.0. The van der Waals surface area contributed by atoms with Crippen molar-refractivity contribution in [2.75, 3.05) is 30.5 Å². The lowest BCUT2D eigenvalue weighted by Gasteiger charge is -2.35. The Morgan fingerprint density at radius 2 is 1.36 bits per heavy atom. The number of methoxy groups -OCH3 is 1. The van der Waals surface area contributed by atoms with E-state index in [-0.39, 0.29) is 47.9 Å². The van der Waals surface area contributed by atoms with Crippen molar-refractivity contribution in [3.63, 3.8) is 0 Å². The molecule has 16 nitrogen and oxygen atoms in total. The van der Waals surface area contributed by atoms with Gasteiger partial charge < -0.3 is 45.6 Å². The first-order valence-corrected chi connectivity index (χ1v) is 24.7. The highest BCUT2D eigenvalue weighted by Crippen LogP contribution is 2.48. The van der Waals surface area contributed by atoms with Gasteiger partial charge in [-0.3, -0.25) is 9.59 Å². The molecule has 5 N–H and O–H groups in total. The Labute approximate surface area is 416 Å². The Bertz CT molecular complexity index is 2770. The number of fused-ring (bicyclic) bond motifs is 1. The van der Waals surface area contributed by atoms with Gasteiger partial charge in [0, 0.05) is 25.2 Å². The molecule has 6 atom stereocenters. The van der Waals surface area contributed by atoms with E-state index in [0.29, 0.717) is 37.6 Å². The number of carbonyl (C=O) groups excluding carboxylic acids is 3. The SMILES string of the molecule is COC(=O)N[C@H](C(=O)N1CCC[C@H]1c1ncc(-c2ccc([C@@H]3CC[C@@H](c4ccc(-c5cccc6c5CN([C@H]5CCCN5C(=O)[C@@H](NC(=O)O)C(C)C)N6)cc4)N3c3ccc(C(F)(F)F)nc3)cc2)[nH]1)C(C)C. The first kappa shape index (κ1) is 49.8. The predicted octanol–water partition coefficient (Wildman–Crippen LogP) is 9.67. The molecule has 0 unspecified atom stereocenters. The van der Waals surface area contributed by atoms with Crippen LogP contribution in [0.2, 0.25) is 0 Å². The fraction of sp³-hybridized carbons (Fsp3) is 0.434. The van der Waals surface area contributed by atoms with E-state index in [4.69, 9.17) is 9.72 Å². The number of carboxylic acid groups (broad SMARTS) is 1. The van der Waals surface area contributed by atoms with Gasteiger partial charge in [-0.2, -0.15) is 18.2 Å². The van der Waals surface area contributed by atoms with Gasteiger partial charge in [-0.05, 0) is 96.4 Å². The monoisotopic (exact) mass is 990 g/mol. The van der Waals surface area contributed by atoms with E-state index in [1.165, 1.54) is 19.4 Å². The normalized spacial score (nSPS) is 20.9. The Balaban J connectivity index is 0.934. The number of halogens is 3. The van der Waals surface area contributed by atoms with Crippen molar-refractivity contribution >= 4 is 35.4 Å². The minimum atomic E-state index is -4.58. The number of nitrogens with one attached hydrogen (secondary N) is 4. The molecule has 3 saturated heterocycles. The van der Waals surface area contributed by atoms with Gasteiger partial charge in [0.05, 0.1) is 54.7 Å². The maximum atomic E-state index is 13.8. The zero-order chi connectivity index (χ0) is 51.0. The Morgan fingerprint density at radius 1 is 0.736 bits per heavy atom. The average Bonchev–Trinajstić information content (AvgIpc) is 4.23. The van der Waals surface area contributed by atoms with Gasteiger partial charge in [0.15, 0.2) is 0 Å². The largest absolute Gasteiger partial charge is 0.465 e. The molecule has 19 heteroatoms. The number of aromatic nitrogens is 3. The summed E-state index contributed by atoms with van der Waals surface area (Å²) in [6.45, 7) is 8.99. The number of alkyl carbamates (subject to hydrolysis) is 1. The second kappa shape index (κ2) is 20.5. The number of imidazole rings is 1. The molecule has 4 aliphatic rings. The molecule has 5 aromatic rings. The highest BCUT2D eigenvalue weighted by molar-refractivity contribution is 5.87. The number of anilines is 2. The third-order valence-electron chi connectivity index (χ3n) is 14.6. The minimum Gasteiger partial charge on any atom is -0.465 e. The lowest BCUT2D eigenvalue weighted by atomic mass is 9.96. The van der Waals surface area contributed by atoms with Crippen LogP contribution in [0, 0.1) is 11.8 Å². The number of hydrogen-bond acceptors (Lipinski definition) is 10. The molecule has 0 saturated carbocycles. The fourth-order valence-corrected chi connectivity index (χ4v) is 11.0. The summed E-state index contributed by atoms with van der Waals surface area (Å²) in [6.07, 6.45) is 0.813. The number of H-pyrrole nitrogens is 1. The summed E-state index contributed by atoms with van der Waals surface area (Å²) in [4.78, 5) is 68.8. The van der Waals surface area contributed by atoms with Crippen LogP contribution in [0.5, 0.6) is 0 Å². The number of hydrazine groups is 1. The smallest absolute Gasteiger partial charge is 0.433 e. The van der Waals surface area contributed by atoms with Gasteiger partial charge in [-0.25, -0.2) is 19.6 Å². The van der Waals surface area contributed by atoms with Crippen molar-refractivity contribution in [3.8, 4) is 22.4 Å². The molecule has 6 heterocycles. The minimum absolute atomic E-state index is 0.161. The van der Waals surface area contributed by atoms with E-state index in [1.807, 2.05) is 64.1 Å². The average molecular weight is 991 g/mol. The van der Waals surface area contributed by atoms with Crippen LogP contribution in [0.3, 0.4) is 0 Å². The molecule has 9 rings (SSSR count). The number of carbonyl (C=O) groups is 4. The van der Waals surface area contributed by atoms with Crippen LogP contribution in [0.1, 0.15) is 113 Å². The molecule has 3 fully saturated rings. The molecule has 2 aromatic heterocycles. The summed E-state index contributed by atoms with van der Waals surface area (Å²) in [5, 5.41) is 16.6. The van der Waals surface area contributed by atoms with E-state index in [9.17, 15) is 37.5 Å². The molecule has 0 spiro atoms. The summed E-state index contributed by atoms with van der Waals surface area (Å²) in [7, 11) is 1.27. The van der Waals surface area contributed by atoms with Crippen molar-refractivity contribution in [3.05, 3.63) is 119 Å². The summed E-state index contributed by atoms with van der Waals surface area (Å²) >= 11 is 0. The number of rotatable bonds is 13. The van der Waals surface area contributed by atoms with E-state index >= 15 is 0 Å². The van der Waals surface area contributed by atoms with E-state index < -0.39 is 36.1 Å². The van der Waals surface area contributed by atoms with Gasteiger partial charge in [-0.15, -0.1) is 0 Å². The predicted molar refractivity (Wildman–Crippen MR) is 264 cm³/mol. The summed E-state index contributed by atoms with van der Waals surface area (Å²) < 4.78 is 46.1. The van der Waals surface area contributed by atoms with Crippen LogP contribution < -0.4 is 21.0 Å². The quantitative estimate of drug-likeness (QED) is 0.0756. The van der Waals surface area contributed by atoms with E-state index in [1.54, 1.807) is 16.0 Å². The van der Waals surface area contributed by atoms with Gasteiger partial charge in [0.1, 0.15) is 29.8 Å². The topological polar surface area (TPSA) is 188 Å². The second-order valence-electron chi connectivity index (χ2n) is 19.8. The van der Waals surface area contributed by atoms with Crippen molar-refractivity contribution in [2.24, 2.45) is 11.8 Å². The zero-order valence-corrected chi connectivity index (χ0v) is 40.9. The van der Waals surface area contributed by atoms with Crippen molar-refractivity contribution < 1.29 is 42.2 Å². The molecule has 0 bridgehead atoms. The summed E-state index contributed by atoms with van der Waals surface area (Å²) in [6, 6.07) is 22.7. The molecule has 4 aliphatic heterocycles. The van der Waals surface area contributed by atoms with Gasteiger partial charge >= 0.3 is 18.4 Å². The van der Waals surface area contributed by atoms with Crippen LogP contribution in [-0.4, -0.2) is 97.3 Å². The highest BCUT2D eigenvalue weighted by Gasteiger charge is 2.42. The standard InChI is InChI=1S/C53H61F3N10O6/c1-30(2)46(60-51(69)70)50(68)64-26-8-12-45(64)65-29-38-37(9-6-10-39(38)62-65)32-13-17-34(18-14-32)41-22-23-42(66(41)36-21-24-44(57-27-36)53(54,55)56)35-19-15-33(16-20-35)40-28-58-48(59-40)43-11-7-25-63(43)49(67)47(31(3)4)61-52(71)72-5/h6,9-10,13-21,24,27-28,30-31,41-43,45-47,60,62H,7-8,11-12,22-23,25-26,29H2,1-5H3,(H,58,59)(H,61,71)(H,69,70)/t41-,42-,43-,45-,46-,47-/m0/s1. The number of ether oxygens (including phenoxy) is 1. The summed E-state index contributed by atoms with van der Waals surface area (Å²) in [5.41, 5.74) is 10.8. The van der Waals surface area contributed by atoms with Gasteiger partial charge in [0.2, 0.25) is 11.8 Å². The number of alkyl halides is 3. The number of pyridine rings is 1. The van der Waals surface area contributed by atoms with Crippen molar-refractivity contribution in [1.82, 2.24) is 40.4 Å². The number of likely N-dealkylation sites (tertiary alicyclic amines) is 2. The van der Waals surface area contributed by atoms with Gasteiger partial charge in [0.25, 0.3) is 0 Å². The number of aromatic amines is 1. The van der Waals surface area contributed by atoms with Crippen LogP contribution in [-0.2, 0) is 27.0 Å². The Morgan fingerprint density at radius 3 is 1.97 bits per heavy atom. The molecular weight excluding hydrogens is 930 g/mol. The molecule has 3 aromatic carbocycles. The van der Waals surface area contributed by atoms with Crippen LogP contribution in [0.25, 0.3) is 22.4 Å². The van der Waals surface area contributed by atoms with Crippen LogP contribution in [0.15, 0.2) is 91.3 Å². The van der Waals surface area contributed by atoms with Gasteiger partial charge in [-0.1, -0.05) is 88.4 Å². The zero-order valence-electron chi connectivity index (χ0n) is 40.9. The lowest BCUT2D eigenvalue weighted by Crippen LogP contribution is -2.55.